The van der Waals surface area contributed by atoms with Crippen molar-refractivity contribution in [3.05, 3.63) is 95.6 Å². The molecule has 0 fully saturated rings. The predicted octanol–water partition coefficient (Wildman–Crippen LogP) is 5.33. The van der Waals surface area contributed by atoms with Crippen molar-refractivity contribution in [2.45, 2.75) is 25.6 Å². The summed E-state index contributed by atoms with van der Waals surface area (Å²) in [4.78, 5) is 0. The molecule has 2 aliphatic heterocycles. The first kappa shape index (κ1) is 16.9. The molecule has 2 aliphatic rings. The molecule has 2 atom stereocenters. The maximum atomic E-state index is 6.39. The van der Waals surface area contributed by atoms with E-state index in [0.29, 0.717) is 6.61 Å². The van der Waals surface area contributed by atoms with Crippen LogP contribution < -0.4 is 9.47 Å². The lowest BCUT2D eigenvalue weighted by Gasteiger charge is -2.38. The maximum Gasteiger partial charge on any atom is 0.213 e. The molecule has 0 aliphatic carbocycles. The van der Waals surface area contributed by atoms with E-state index in [4.69, 9.17) is 14.6 Å². The lowest BCUT2D eigenvalue weighted by atomic mass is 9.96. The van der Waals surface area contributed by atoms with Gasteiger partial charge in [-0.3, -0.25) is 0 Å². The second-order valence-corrected chi connectivity index (χ2v) is 7.02. The lowest BCUT2D eigenvalue weighted by molar-refractivity contribution is -0.0190. The molecule has 0 saturated heterocycles. The van der Waals surface area contributed by atoms with Crippen LogP contribution in [0.15, 0.2) is 84.0 Å². The highest BCUT2D eigenvalue weighted by atomic mass is 16.5. The summed E-state index contributed by atoms with van der Waals surface area (Å²) in [6.45, 7) is 2.65. The molecule has 4 nitrogen and oxygen atoms in total. The van der Waals surface area contributed by atoms with Crippen LogP contribution in [0, 0.1) is 0 Å². The summed E-state index contributed by atoms with van der Waals surface area (Å²) in [5.74, 6) is 1.81. The van der Waals surface area contributed by atoms with E-state index in [0.717, 1.165) is 29.2 Å². The molecular weight excluding hydrogens is 348 g/mol. The number of ether oxygens (including phenoxy) is 2. The molecule has 0 bridgehead atoms. The first-order valence-corrected chi connectivity index (χ1v) is 9.73. The number of benzene rings is 3. The Labute approximate surface area is 165 Å². The third-order valence-electron chi connectivity index (χ3n) is 5.28. The zero-order valence-corrected chi connectivity index (χ0v) is 15.8. The van der Waals surface area contributed by atoms with Gasteiger partial charge < -0.3 is 9.47 Å². The van der Waals surface area contributed by atoms with Crippen molar-refractivity contribution >= 4 is 5.71 Å². The van der Waals surface area contributed by atoms with Gasteiger partial charge in [0.05, 0.1) is 18.4 Å². The normalized spacial score (nSPS) is 20.0. The zero-order chi connectivity index (χ0) is 18.9. The number of hydrogen-bond donors (Lipinski definition) is 0. The Bertz CT molecular complexity index is 999. The molecular formula is C24H22N2O2. The number of hydrogen-bond acceptors (Lipinski definition) is 4. The first-order valence-electron chi connectivity index (χ1n) is 9.73. The van der Waals surface area contributed by atoms with Gasteiger partial charge in [0.1, 0.15) is 11.5 Å². The Balaban J connectivity index is 1.54. The van der Waals surface area contributed by atoms with Crippen LogP contribution in [0.3, 0.4) is 0 Å². The third-order valence-corrected chi connectivity index (χ3v) is 5.28. The monoisotopic (exact) mass is 370 g/mol. The van der Waals surface area contributed by atoms with Gasteiger partial charge in [-0.1, -0.05) is 48.5 Å². The third kappa shape index (κ3) is 2.91. The predicted molar refractivity (Wildman–Crippen MR) is 110 cm³/mol. The minimum absolute atomic E-state index is 0.178. The van der Waals surface area contributed by atoms with Crippen LogP contribution >= 0.6 is 0 Å². The fourth-order valence-corrected chi connectivity index (χ4v) is 3.95. The van der Waals surface area contributed by atoms with Crippen LogP contribution in [0.1, 0.15) is 42.3 Å². The summed E-state index contributed by atoms with van der Waals surface area (Å²) >= 11 is 0. The Morgan fingerprint density at radius 3 is 2.50 bits per heavy atom. The highest BCUT2D eigenvalue weighted by molar-refractivity contribution is 6.01. The van der Waals surface area contributed by atoms with Crippen molar-refractivity contribution in [2.24, 2.45) is 5.10 Å². The summed E-state index contributed by atoms with van der Waals surface area (Å²) in [6.07, 6.45) is 0.620. The maximum absolute atomic E-state index is 6.39. The van der Waals surface area contributed by atoms with E-state index < -0.39 is 0 Å². The van der Waals surface area contributed by atoms with Gasteiger partial charge in [-0.15, -0.1) is 0 Å². The summed E-state index contributed by atoms with van der Waals surface area (Å²) < 4.78 is 12.0. The summed E-state index contributed by atoms with van der Waals surface area (Å²) in [5, 5.41) is 7.10. The van der Waals surface area contributed by atoms with Crippen LogP contribution in [0.4, 0.5) is 0 Å². The number of para-hydroxylation sites is 1. The second-order valence-electron chi connectivity index (χ2n) is 7.02. The number of fused-ring (bicyclic) bond motifs is 3. The SMILES string of the molecule is CCOc1ccc([C@@H]2Oc3ccccc3[C@@H]3CC(c4ccccc4)=NN32)cc1. The van der Waals surface area contributed by atoms with Crippen molar-refractivity contribution in [1.29, 1.82) is 0 Å². The van der Waals surface area contributed by atoms with Crippen molar-refractivity contribution < 1.29 is 9.47 Å². The van der Waals surface area contributed by atoms with Crippen molar-refractivity contribution in [3.63, 3.8) is 0 Å². The Morgan fingerprint density at radius 1 is 0.964 bits per heavy atom. The molecule has 4 heteroatoms. The zero-order valence-electron chi connectivity index (χ0n) is 15.8. The fraction of sp³-hybridized carbons (Fsp3) is 0.208. The molecule has 0 unspecified atom stereocenters. The molecule has 0 aromatic heterocycles. The molecule has 0 radical (unpaired) electrons. The molecule has 0 saturated carbocycles. The fourth-order valence-electron chi connectivity index (χ4n) is 3.95. The van der Waals surface area contributed by atoms with E-state index in [9.17, 15) is 0 Å². The highest BCUT2D eigenvalue weighted by Crippen LogP contribution is 2.47. The lowest BCUT2D eigenvalue weighted by Crippen LogP contribution is -2.33. The quantitative estimate of drug-likeness (QED) is 0.623. The molecule has 5 rings (SSSR count). The minimum atomic E-state index is -0.253. The van der Waals surface area contributed by atoms with Gasteiger partial charge in [0.25, 0.3) is 0 Å². The Kier molecular flexibility index (Phi) is 4.24. The highest BCUT2D eigenvalue weighted by Gasteiger charge is 2.40. The van der Waals surface area contributed by atoms with E-state index in [2.05, 4.69) is 59.6 Å². The molecule has 0 N–H and O–H groups in total. The van der Waals surface area contributed by atoms with Crippen molar-refractivity contribution in [2.75, 3.05) is 6.61 Å². The van der Waals surface area contributed by atoms with Gasteiger partial charge in [-0.05, 0) is 42.8 Å². The van der Waals surface area contributed by atoms with Gasteiger partial charge in [0.15, 0.2) is 0 Å². The molecule has 0 amide bonds. The average Bonchev–Trinajstić information content (AvgIpc) is 3.20. The minimum Gasteiger partial charge on any atom is -0.494 e. The van der Waals surface area contributed by atoms with Crippen molar-refractivity contribution in [3.8, 4) is 11.5 Å². The van der Waals surface area contributed by atoms with Crippen molar-refractivity contribution in [1.82, 2.24) is 5.01 Å². The average molecular weight is 370 g/mol. The molecule has 3 aromatic carbocycles. The van der Waals surface area contributed by atoms with E-state index in [1.807, 2.05) is 31.2 Å². The Morgan fingerprint density at radius 2 is 1.71 bits per heavy atom. The number of nitrogens with zero attached hydrogens (tertiary/aromatic N) is 2. The first-order chi connectivity index (χ1) is 13.8. The van der Waals surface area contributed by atoms with E-state index >= 15 is 0 Å². The van der Waals surface area contributed by atoms with Crippen LogP contribution in [-0.4, -0.2) is 17.3 Å². The molecule has 3 aromatic rings. The second kappa shape index (κ2) is 7.04. The summed E-state index contributed by atoms with van der Waals surface area (Å²) in [5.41, 5.74) is 4.53. The Hall–Kier alpha value is -3.27. The molecule has 140 valence electrons. The van der Waals surface area contributed by atoms with Gasteiger partial charge in [-0.2, -0.15) is 5.10 Å². The van der Waals surface area contributed by atoms with E-state index in [-0.39, 0.29) is 12.3 Å². The van der Waals surface area contributed by atoms with Crippen LogP contribution in [0.5, 0.6) is 11.5 Å². The van der Waals surface area contributed by atoms with E-state index in [1.54, 1.807) is 0 Å². The largest absolute Gasteiger partial charge is 0.494 e. The van der Waals surface area contributed by atoms with Gasteiger partial charge in [-0.25, -0.2) is 5.01 Å². The smallest absolute Gasteiger partial charge is 0.213 e. The summed E-state index contributed by atoms with van der Waals surface area (Å²) in [7, 11) is 0. The molecule has 0 spiro atoms. The van der Waals surface area contributed by atoms with Crippen LogP contribution in [0.25, 0.3) is 0 Å². The summed E-state index contributed by atoms with van der Waals surface area (Å²) in [6, 6.07) is 27.0. The topological polar surface area (TPSA) is 34.1 Å². The van der Waals surface area contributed by atoms with Gasteiger partial charge in [0, 0.05) is 17.5 Å². The molecule has 2 heterocycles. The molecule has 28 heavy (non-hydrogen) atoms. The number of hydrazone groups is 1. The standard InChI is InChI=1S/C24H22N2O2/c1-2-27-19-14-12-18(13-15-19)24-26-22(20-10-6-7-11-23(20)28-24)16-21(25-26)17-8-4-3-5-9-17/h3-15,22,24H,2,16H2,1H3/t22-,24-/m0/s1. The van der Waals surface area contributed by atoms with E-state index in [1.165, 1.54) is 11.1 Å². The van der Waals surface area contributed by atoms with Crippen LogP contribution in [-0.2, 0) is 0 Å². The van der Waals surface area contributed by atoms with Gasteiger partial charge in [0.2, 0.25) is 6.23 Å². The van der Waals surface area contributed by atoms with Crippen LogP contribution in [0.2, 0.25) is 0 Å². The van der Waals surface area contributed by atoms with Gasteiger partial charge >= 0.3 is 0 Å². The number of rotatable bonds is 4.